The van der Waals surface area contributed by atoms with Crippen molar-refractivity contribution in [1.82, 2.24) is 0 Å². The van der Waals surface area contributed by atoms with E-state index in [0.717, 1.165) is 0 Å². The predicted molar refractivity (Wildman–Crippen MR) is 54.8 cm³/mol. The van der Waals surface area contributed by atoms with Gasteiger partial charge < -0.3 is 0 Å². The van der Waals surface area contributed by atoms with Gasteiger partial charge in [0.1, 0.15) is 0 Å². The molecule has 0 spiro atoms. The Labute approximate surface area is 72.0 Å². The Morgan fingerprint density at radius 1 is 1.45 bits per heavy atom. The molecule has 0 nitrogen and oxygen atoms in total. The van der Waals surface area contributed by atoms with Crippen molar-refractivity contribution in [2.45, 2.75) is 32.9 Å². The molecule has 3 unspecified atom stereocenters. The van der Waals surface area contributed by atoms with Gasteiger partial charge in [0.15, 0.2) is 0 Å². The first-order valence-electron chi connectivity index (χ1n) is 4.05. The van der Waals surface area contributed by atoms with Gasteiger partial charge in [-0.2, -0.15) is 0 Å². The van der Waals surface area contributed by atoms with Crippen LogP contribution in [-0.4, -0.2) is 5.16 Å². The molecule has 0 aliphatic heterocycles. The van der Waals surface area contributed by atoms with Crippen molar-refractivity contribution >= 4 is 9.24 Å². The molecule has 11 heavy (non-hydrogen) atoms. The van der Waals surface area contributed by atoms with Crippen LogP contribution in [-0.2, 0) is 0 Å². The number of hydrogen-bond donors (Lipinski definition) is 0. The Kier molecular flexibility index (Phi) is 2.01. The third-order valence-corrected chi connectivity index (χ3v) is 4.21. The summed E-state index contributed by atoms with van der Waals surface area (Å²) in [5.41, 5.74) is 4.18. The van der Waals surface area contributed by atoms with E-state index in [1.54, 1.807) is 0 Å². The van der Waals surface area contributed by atoms with E-state index in [9.17, 15) is 0 Å². The van der Waals surface area contributed by atoms with Gasteiger partial charge in [-0.05, 0) is 30.9 Å². The topological polar surface area (TPSA) is 0 Å². The first-order chi connectivity index (χ1) is 4.89. The third kappa shape index (κ3) is 1.08. The molecule has 0 aromatic carbocycles. The van der Waals surface area contributed by atoms with Crippen LogP contribution in [0.25, 0.3) is 0 Å². The highest BCUT2D eigenvalue weighted by molar-refractivity contribution is 7.19. The van der Waals surface area contributed by atoms with Crippen molar-refractivity contribution in [1.29, 1.82) is 0 Å². The van der Waals surface area contributed by atoms with Gasteiger partial charge in [-0.3, -0.25) is 0 Å². The molecule has 1 aliphatic rings. The molecule has 0 aromatic heterocycles. The summed E-state index contributed by atoms with van der Waals surface area (Å²) in [6, 6.07) is 0. The molecule has 0 bridgehead atoms. The SMILES string of the molecule is C=C1C(C)=C(C)C(C)(P)C1C. The van der Waals surface area contributed by atoms with Crippen LogP contribution in [0.2, 0.25) is 0 Å². The van der Waals surface area contributed by atoms with Crippen LogP contribution in [0.15, 0.2) is 23.3 Å². The fourth-order valence-corrected chi connectivity index (χ4v) is 2.07. The van der Waals surface area contributed by atoms with E-state index in [1.807, 2.05) is 0 Å². The summed E-state index contributed by atoms with van der Waals surface area (Å²) in [5.74, 6) is 0.576. The van der Waals surface area contributed by atoms with Crippen molar-refractivity contribution < 1.29 is 0 Å². The lowest BCUT2D eigenvalue weighted by Gasteiger charge is -2.26. The summed E-state index contributed by atoms with van der Waals surface area (Å²) in [6.45, 7) is 13.0. The van der Waals surface area contributed by atoms with E-state index in [2.05, 4.69) is 43.5 Å². The molecule has 0 saturated heterocycles. The maximum Gasteiger partial charge on any atom is 0.00970 e. The average Bonchev–Trinajstić information content (AvgIpc) is 2.06. The minimum atomic E-state index is 0.251. The molecule has 0 N–H and O–H groups in total. The van der Waals surface area contributed by atoms with Gasteiger partial charge in [-0.1, -0.05) is 26.0 Å². The first kappa shape index (κ1) is 9.00. The highest BCUT2D eigenvalue weighted by atomic mass is 31.0. The Balaban J connectivity index is 3.16. The van der Waals surface area contributed by atoms with Crippen LogP contribution in [0.4, 0.5) is 0 Å². The summed E-state index contributed by atoms with van der Waals surface area (Å²) in [4.78, 5) is 0. The van der Waals surface area contributed by atoms with E-state index < -0.39 is 0 Å². The molecule has 0 aromatic rings. The molecule has 0 amide bonds. The van der Waals surface area contributed by atoms with Crippen LogP contribution >= 0.6 is 9.24 Å². The number of allylic oxidation sites excluding steroid dienone is 3. The summed E-state index contributed by atoms with van der Waals surface area (Å²) >= 11 is 0. The molecular formula is C10H17P. The fraction of sp³-hybridized carbons (Fsp3) is 0.600. The molecule has 0 heterocycles. The summed E-state index contributed by atoms with van der Waals surface area (Å²) in [7, 11) is 2.94. The Hall–Kier alpha value is -0.0900. The Morgan fingerprint density at radius 2 is 1.91 bits per heavy atom. The van der Waals surface area contributed by atoms with Crippen LogP contribution in [0.3, 0.4) is 0 Å². The van der Waals surface area contributed by atoms with E-state index in [0.29, 0.717) is 5.92 Å². The molecule has 0 radical (unpaired) electrons. The first-order valence-corrected chi connectivity index (χ1v) is 4.62. The Bertz CT molecular complexity index is 233. The molecule has 62 valence electrons. The van der Waals surface area contributed by atoms with Crippen molar-refractivity contribution in [3.63, 3.8) is 0 Å². The van der Waals surface area contributed by atoms with Crippen LogP contribution in [0.5, 0.6) is 0 Å². The number of rotatable bonds is 0. The van der Waals surface area contributed by atoms with E-state index >= 15 is 0 Å². The quantitative estimate of drug-likeness (QED) is 0.487. The Morgan fingerprint density at radius 3 is 2.00 bits per heavy atom. The van der Waals surface area contributed by atoms with Gasteiger partial charge in [0.2, 0.25) is 0 Å². The van der Waals surface area contributed by atoms with Crippen molar-refractivity contribution in [3.8, 4) is 0 Å². The summed E-state index contributed by atoms with van der Waals surface area (Å²) in [6.07, 6.45) is 0. The lowest BCUT2D eigenvalue weighted by Crippen LogP contribution is -2.22. The largest absolute Gasteiger partial charge is 0.126 e. The van der Waals surface area contributed by atoms with Crippen LogP contribution in [0, 0.1) is 5.92 Å². The molecule has 0 fully saturated rings. The minimum absolute atomic E-state index is 0.251. The molecule has 3 atom stereocenters. The van der Waals surface area contributed by atoms with E-state index in [4.69, 9.17) is 0 Å². The molecule has 0 saturated carbocycles. The van der Waals surface area contributed by atoms with E-state index in [-0.39, 0.29) is 5.16 Å². The highest BCUT2D eigenvalue weighted by Crippen LogP contribution is 2.48. The number of hydrogen-bond acceptors (Lipinski definition) is 0. The average molecular weight is 168 g/mol. The predicted octanol–water partition coefficient (Wildman–Crippen LogP) is 3.16. The molecule has 1 heteroatoms. The maximum absolute atomic E-state index is 4.09. The lowest BCUT2D eigenvalue weighted by molar-refractivity contribution is 0.589. The van der Waals surface area contributed by atoms with Gasteiger partial charge in [0, 0.05) is 5.16 Å². The standard InChI is InChI=1S/C10H17P/c1-6-7(2)9(4)10(5,11)8(6)3/h8H,1,11H2,2-5H3. The van der Waals surface area contributed by atoms with Gasteiger partial charge >= 0.3 is 0 Å². The van der Waals surface area contributed by atoms with Crippen molar-refractivity contribution in [3.05, 3.63) is 23.3 Å². The molecule has 1 aliphatic carbocycles. The van der Waals surface area contributed by atoms with Crippen molar-refractivity contribution in [2.75, 3.05) is 0 Å². The van der Waals surface area contributed by atoms with Crippen LogP contribution < -0.4 is 0 Å². The second-order valence-electron chi connectivity index (χ2n) is 3.78. The van der Waals surface area contributed by atoms with Gasteiger partial charge in [0.05, 0.1) is 0 Å². The second-order valence-corrected chi connectivity index (χ2v) is 4.98. The highest BCUT2D eigenvalue weighted by Gasteiger charge is 2.37. The zero-order valence-corrected chi connectivity index (χ0v) is 9.02. The fourth-order valence-electron chi connectivity index (χ4n) is 1.66. The molecule has 1 rings (SSSR count). The van der Waals surface area contributed by atoms with Gasteiger partial charge in [-0.25, -0.2) is 0 Å². The van der Waals surface area contributed by atoms with Gasteiger partial charge in [0.25, 0.3) is 0 Å². The summed E-state index contributed by atoms with van der Waals surface area (Å²) < 4.78 is 0. The molecular weight excluding hydrogens is 151 g/mol. The van der Waals surface area contributed by atoms with E-state index in [1.165, 1.54) is 16.7 Å². The monoisotopic (exact) mass is 168 g/mol. The smallest absolute Gasteiger partial charge is 0.00970 e. The second kappa shape index (κ2) is 2.45. The van der Waals surface area contributed by atoms with Crippen LogP contribution in [0.1, 0.15) is 27.7 Å². The normalized spacial score (nSPS) is 38.6. The van der Waals surface area contributed by atoms with Gasteiger partial charge in [-0.15, -0.1) is 9.24 Å². The van der Waals surface area contributed by atoms with Crippen molar-refractivity contribution in [2.24, 2.45) is 5.92 Å². The zero-order valence-electron chi connectivity index (χ0n) is 7.86. The summed E-state index contributed by atoms with van der Waals surface area (Å²) in [5, 5.41) is 0.251. The lowest BCUT2D eigenvalue weighted by atomic mass is 9.92. The zero-order chi connectivity index (χ0) is 8.81. The third-order valence-electron chi connectivity index (χ3n) is 3.27. The minimum Gasteiger partial charge on any atom is -0.126 e. The maximum atomic E-state index is 4.09.